The van der Waals surface area contributed by atoms with Gasteiger partial charge in [-0.1, -0.05) is 0 Å². The monoisotopic (exact) mass is 406 g/mol. The van der Waals surface area contributed by atoms with E-state index >= 15 is 0 Å². The molecule has 0 saturated carbocycles. The Labute approximate surface area is 166 Å². The highest BCUT2D eigenvalue weighted by atomic mass is 19.4. The van der Waals surface area contributed by atoms with Crippen LogP contribution in [0.1, 0.15) is 29.3 Å². The minimum atomic E-state index is -4.41. The predicted molar refractivity (Wildman–Crippen MR) is 103 cm³/mol. The second-order valence-corrected chi connectivity index (χ2v) is 6.79. The summed E-state index contributed by atoms with van der Waals surface area (Å²) in [5, 5.41) is 2.65. The Morgan fingerprint density at radius 3 is 2.31 bits per heavy atom. The molecule has 1 fully saturated rings. The van der Waals surface area contributed by atoms with Crippen molar-refractivity contribution in [2.24, 2.45) is 0 Å². The van der Waals surface area contributed by atoms with E-state index in [1.165, 1.54) is 13.0 Å². The Hall–Kier alpha value is -3.10. The Bertz CT molecular complexity index is 867. The first kappa shape index (κ1) is 20.6. The number of aromatic nitrogens is 1. The van der Waals surface area contributed by atoms with Gasteiger partial charge in [0, 0.05) is 50.6 Å². The van der Waals surface area contributed by atoms with Crippen LogP contribution in [0.15, 0.2) is 42.6 Å². The molecule has 2 amide bonds. The maximum Gasteiger partial charge on any atom is 0.417 e. The topological polar surface area (TPSA) is 65.5 Å². The van der Waals surface area contributed by atoms with Gasteiger partial charge in [0.25, 0.3) is 5.91 Å². The quantitative estimate of drug-likeness (QED) is 0.849. The molecule has 3 rings (SSSR count). The number of hydrogen-bond donors (Lipinski definition) is 1. The number of rotatable bonds is 3. The van der Waals surface area contributed by atoms with E-state index in [1.54, 1.807) is 29.2 Å². The highest BCUT2D eigenvalue weighted by Gasteiger charge is 2.31. The van der Waals surface area contributed by atoms with E-state index in [1.807, 2.05) is 4.90 Å². The van der Waals surface area contributed by atoms with E-state index in [9.17, 15) is 22.8 Å². The molecule has 1 aliphatic rings. The second-order valence-electron chi connectivity index (χ2n) is 6.79. The first-order valence-electron chi connectivity index (χ1n) is 9.19. The smallest absolute Gasteiger partial charge is 0.355 e. The molecular weight excluding hydrogens is 385 g/mol. The van der Waals surface area contributed by atoms with E-state index in [0.29, 0.717) is 49.7 Å². The molecule has 1 aromatic carbocycles. The minimum absolute atomic E-state index is 0.124. The Kier molecular flexibility index (Phi) is 6.05. The molecule has 0 atom stereocenters. The molecule has 0 aliphatic carbocycles. The van der Waals surface area contributed by atoms with Gasteiger partial charge >= 0.3 is 6.18 Å². The van der Waals surface area contributed by atoms with Gasteiger partial charge in [0.2, 0.25) is 5.91 Å². The highest BCUT2D eigenvalue weighted by Crippen LogP contribution is 2.29. The van der Waals surface area contributed by atoms with Crippen molar-refractivity contribution in [3.05, 3.63) is 53.7 Å². The van der Waals surface area contributed by atoms with E-state index in [4.69, 9.17) is 0 Å². The first-order valence-corrected chi connectivity index (χ1v) is 9.19. The molecule has 0 bridgehead atoms. The number of nitrogens with zero attached hydrogens (tertiary/aromatic N) is 3. The van der Waals surface area contributed by atoms with Crippen LogP contribution in [0.3, 0.4) is 0 Å². The zero-order chi connectivity index (χ0) is 21.0. The van der Waals surface area contributed by atoms with Crippen molar-refractivity contribution in [1.29, 1.82) is 0 Å². The Morgan fingerprint density at radius 1 is 1.00 bits per heavy atom. The van der Waals surface area contributed by atoms with Crippen molar-refractivity contribution >= 4 is 23.3 Å². The van der Waals surface area contributed by atoms with Crippen molar-refractivity contribution in [3.8, 4) is 0 Å². The number of halogens is 3. The molecule has 0 radical (unpaired) electrons. The molecule has 6 nitrogen and oxygen atoms in total. The third-order valence-electron chi connectivity index (χ3n) is 4.63. The fourth-order valence-electron chi connectivity index (χ4n) is 3.17. The van der Waals surface area contributed by atoms with Crippen molar-refractivity contribution in [2.75, 3.05) is 36.4 Å². The summed E-state index contributed by atoms with van der Waals surface area (Å²) in [5.41, 5.74) is 0.347. The molecule has 9 heteroatoms. The van der Waals surface area contributed by atoms with Crippen LogP contribution in [0.5, 0.6) is 0 Å². The van der Waals surface area contributed by atoms with Gasteiger partial charge in [-0.15, -0.1) is 0 Å². The number of hydrogen-bond acceptors (Lipinski definition) is 4. The lowest BCUT2D eigenvalue weighted by molar-refractivity contribution is -0.137. The molecular formula is C20H21F3N4O2. The summed E-state index contributed by atoms with van der Waals surface area (Å²) < 4.78 is 38.1. The van der Waals surface area contributed by atoms with Crippen LogP contribution in [0, 0.1) is 0 Å². The fourth-order valence-corrected chi connectivity index (χ4v) is 3.17. The van der Waals surface area contributed by atoms with Crippen molar-refractivity contribution in [1.82, 2.24) is 9.88 Å². The summed E-state index contributed by atoms with van der Waals surface area (Å²) in [5.74, 6) is 0.155. The van der Waals surface area contributed by atoms with Crippen LogP contribution < -0.4 is 10.2 Å². The number of nitrogens with one attached hydrogen (secondary N) is 1. The summed E-state index contributed by atoms with van der Waals surface area (Å²) in [6, 6.07) is 9.05. The van der Waals surface area contributed by atoms with Crippen molar-refractivity contribution in [3.63, 3.8) is 0 Å². The van der Waals surface area contributed by atoms with Crippen LogP contribution in [-0.4, -0.2) is 47.9 Å². The van der Waals surface area contributed by atoms with Gasteiger partial charge in [0.15, 0.2) is 0 Å². The molecule has 154 valence electrons. The average molecular weight is 406 g/mol. The van der Waals surface area contributed by atoms with Crippen molar-refractivity contribution < 1.29 is 22.8 Å². The average Bonchev–Trinajstić information content (AvgIpc) is 2.93. The summed E-state index contributed by atoms with van der Waals surface area (Å²) in [4.78, 5) is 31.4. The summed E-state index contributed by atoms with van der Waals surface area (Å²) in [7, 11) is 0. The lowest BCUT2D eigenvalue weighted by atomic mass is 10.1. The zero-order valence-electron chi connectivity index (χ0n) is 15.9. The summed E-state index contributed by atoms with van der Waals surface area (Å²) in [6.45, 7) is 3.48. The van der Waals surface area contributed by atoms with E-state index < -0.39 is 11.7 Å². The number of alkyl halides is 3. The normalized spacial score (nSPS) is 15.0. The lowest BCUT2D eigenvalue weighted by Crippen LogP contribution is -2.35. The predicted octanol–water partition coefficient (Wildman–Crippen LogP) is 3.41. The second kappa shape index (κ2) is 8.50. The first-order chi connectivity index (χ1) is 13.7. The Morgan fingerprint density at radius 2 is 1.72 bits per heavy atom. The lowest BCUT2D eigenvalue weighted by Gasteiger charge is -2.23. The molecule has 1 aromatic heterocycles. The molecule has 1 N–H and O–H groups in total. The van der Waals surface area contributed by atoms with E-state index in [0.717, 1.165) is 12.3 Å². The molecule has 0 spiro atoms. The highest BCUT2D eigenvalue weighted by molar-refractivity contribution is 5.95. The van der Waals surface area contributed by atoms with Crippen LogP contribution >= 0.6 is 0 Å². The van der Waals surface area contributed by atoms with Gasteiger partial charge in [-0.2, -0.15) is 13.2 Å². The maximum atomic E-state index is 12.8. The molecule has 2 aromatic rings. The van der Waals surface area contributed by atoms with Crippen LogP contribution in [0.4, 0.5) is 24.7 Å². The number of carbonyl (C=O) groups excluding carboxylic acids is 2. The van der Waals surface area contributed by atoms with Gasteiger partial charge in [0.05, 0.1) is 5.56 Å². The van der Waals surface area contributed by atoms with E-state index in [-0.39, 0.29) is 11.8 Å². The summed E-state index contributed by atoms with van der Waals surface area (Å²) in [6.07, 6.45) is -2.90. The zero-order valence-corrected chi connectivity index (χ0v) is 15.9. The van der Waals surface area contributed by atoms with Gasteiger partial charge in [-0.05, 0) is 42.8 Å². The molecule has 2 heterocycles. The number of pyridine rings is 1. The van der Waals surface area contributed by atoms with Crippen LogP contribution in [0.2, 0.25) is 0 Å². The number of amides is 2. The largest absolute Gasteiger partial charge is 0.417 e. The summed E-state index contributed by atoms with van der Waals surface area (Å²) >= 11 is 0. The third-order valence-corrected chi connectivity index (χ3v) is 4.63. The fraction of sp³-hybridized carbons (Fsp3) is 0.350. The minimum Gasteiger partial charge on any atom is -0.355 e. The maximum absolute atomic E-state index is 12.8. The molecule has 1 aliphatic heterocycles. The standard InChI is InChI=1S/C20H21F3N4O2/c1-14(28)25-17-6-3-15(4-7-17)19(29)27-10-2-9-26(11-12-27)18-8-5-16(13-24-18)20(21,22)23/h3-8,13H,2,9-12H2,1H3,(H,25,28). The van der Waals surface area contributed by atoms with Gasteiger partial charge in [-0.3, -0.25) is 9.59 Å². The third kappa shape index (κ3) is 5.24. The van der Waals surface area contributed by atoms with Gasteiger partial charge in [0.1, 0.15) is 5.82 Å². The molecule has 1 saturated heterocycles. The Balaban J connectivity index is 1.63. The van der Waals surface area contributed by atoms with E-state index in [2.05, 4.69) is 10.3 Å². The number of carbonyl (C=O) groups is 2. The number of anilines is 2. The van der Waals surface area contributed by atoms with Crippen molar-refractivity contribution in [2.45, 2.75) is 19.5 Å². The van der Waals surface area contributed by atoms with Gasteiger partial charge < -0.3 is 15.1 Å². The van der Waals surface area contributed by atoms with Crippen LogP contribution in [0.25, 0.3) is 0 Å². The van der Waals surface area contributed by atoms with Crippen LogP contribution in [-0.2, 0) is 11.0 Å². The molecule has 0 unspecified atom stereocenters. The SMILES string of the molecule is CC(=O)Nc1ccc(C(=O)N2CCCN(c3ccc(C(F)(F)F)cn3)CC2)cc1. The number of benzene rings is 1. The molecule has 29 heavy (non-hydrogen) atoms. The van der Waals surface area contributed by atoms with Gasteiger partial charge in [-0.25, -0.2) is 4.98 Å².